The van der Waals surface area contributed by atoms with Crippen molar-refractivity contribution in [3.63, 3.8) is 0 Å². The number of furan rings is 1. The Morgan fingerprint density at radius 2 is 2.24 bits per heavy atom. The van der Waals surface area contributed by atoms with Crippen LogP contribution in [0.25, 0.3) is 6.08 Å². The van der Waals surface area contributed by atoms with Crippen molar-refractivity contribution in [2.24, 2.45) is 0 Å². The number of hydrogen-bond donors (Lipinski definition) is 1. The maximum atomic E-state index is 11.3. The van der Waals surface area contributed by atoms with Crippen molar-refractivity contribution < 1.29 is 13.9 Å². The van der Waals surface area contributed by atoms with Crippen LogP contribution in [-0.4, -0.2) is 18.2 Å². The second kappa shape index (κ2) is 5.91. The number of amides is 1. The fourth-order valence-corrected chi connectivity index (χ4v) is 1.37. The maximum absolute atomic E-state index is 11.3. The molecule has 0 atom stereocenters. The first-order valence-corrected chi connectivity index (χ1v) is 6.05. The molecule has 0 aliphatic carbocycles. The number of rotatable bonds is 3. The molecule has 0 spiro atoms. The zero-order valence-corrected chi connectivity index (χ0v) is 11.7. The number of ether oxygens (including phenoxy) is 1. The van der Waals surface area contributed by atoms with E-state index >= 15 is 0 Å². The summed E-state index contributed by atoms with van der Waals surface area (Å²) in [6, 6.07) is 3.63. The molecule has 1 heterocycles. The van der Waals surface area contributed by atoms with Crippen molar-refractivity contribution in [1.29, 1.82) is 0 Å². The Morgan fingerprint density at radius 3 is 2.76 bits per heavy atom. The second-order valence-corrected chi connectivity index (χ2v) is 5.21. The van der Waals surface area contributed by atoms with Gasteiger partial charge in [-0.15, -0.1) is 0 Å². The zero-order valence-electron chi connectivity index (χ0n) is 10.1. The number of carbonyl (C=O) groups is 1. The van der Waals surface area contributed by atoms with Crippen molar-refractivity contribution in [2.75, 3.05) is 6.54 Å². The Labute approximate surface area is 109 Å². The summed E-state index contributed by atoms with van der Waals surface area (Å²) in [6.07, 6.45) is 3.14. The number of carbonyl (C=O) groups excluding carboxylic acids is 1. The maximum Gasteiger partial charge on any atom is 0.407 e. The lowest BCUT2D eigenvalue weighted by Crippen LogP contribution is -2.32. The molecule has 0 aliphatic rings. The summed E-state index contributed by atoms with van der Waals surface area (Å²) in [7, 11) is 0. The summed E-state index contributed by atoms with van der Waals surface area (Å²) in [4.78, 5) is 11.3. The molecule has 0 radical (unpaired) electrons. The predicted molar refractivity (Wildman–Crippen MR) is 69.7 cm³/mol. The lowest BCUT2D eigenvalue weighted by atomic mass is 10.2. The average Bonchev–Trinajstić information content (AvgIpc) is 2.56. The SMILES string of the molecule is CC(C)(C)OC(=O)NCC=Cc1ccc(Br)o1. The average molecular weight is 302 g/mol. The predicted octanol–water partition coefficient (Wildman–Crippen LogP) is 3.58. The molecule has 17 heavy (non-hydrogen) atoms. The normalized spacial score (nSPS) is 11.8. The van der Waals surface area contributed by atoms with Gasteiger partial charge in [-0.2, -0.15) is 0 Å². The van der Waals surface area contributed by atoms with Crippen molar-refractivity contribution >= 4 is 28.1 Å². The van der Waals surface area contributed by atoms with Crippen LogP contribution in [0.3, 0.4) is 0 Å². The standard InChI is InChI=1S/C12H16BrNO3/c1-12(2,3)17-11(15)14-8-4-5-9-6-7-10(13)16-9/h4-7H,8H2,1-3H3,(H,14,15). The molecule has 0 aliphatic heterocycles. The van der Waals surface area contributed by atoms with Crippen molar-refractivity contribution in [2.45, 2.75) is 26.4 Å². The molecule has 0 fully saturated rings. The van der Waals surface area contributed by atoms with Crippen molar-refractivity contribution in [1.82, 2.24) is 5.32 Å². The molecule has 94 valence electrons. The Morgan fingerprint density at radius 1 is 1.53 bits per heavy atom. The van der Waals surface area contributed by atoms with E-state index in [1.165, 1.54) is 0 Å². The summed E-state index contributed by atoms with van der Waals surface area (Å²) < 4.78 is 11.0. The highest BCUT2D eigenvalue weighted by Crippen LogP contribution is 2.14. The lowest BCUT2D eigenvalue weighted by molar-refractivity contribution is 0.0534. The largest absolute Gasteiger partial charge is 0.450 e. The third-order valence-corrected chi connectivity index (χ3v) is 2.07. The van der Waals surface area contributed by atoms with Crippen LogP contribution in [0.2, 0.25) is 0 Å². The summed E-state index contributed by atoms with van der Waals surface area (Å²) in [5.41, 5.74) is -0.473. The number of nitrogens with one attached hydrogen (secondary N) is 1. The highest BCUT2D eigenvalue weighted by atomic mass is 79.9. The minimum atomic E-state index is -0.473. The molecular weight excluding hydrogens is 286 g/mol. The van der Waals surface area contributed by atoms with Gasteiger partial charge in [-0.05, 0) is 54.9 Å². The lowest BCUT2D eigenvalue weighted by Gasteiger charge is -2.19. The number of hydrogen-bond acceptors (Lipinski definition) is 3. The summed E-state index contributed by atoms with van der Waals surface area (Å²) in [5.74, 6) is 0.725. The quantitative estimate of drug-likeness (QED) is 0.928. The van der Waals surface area contributed by atoms with Gasteiger partial charge in [0, 0.05) is 6.54 Å². The first-order chi connectivity index (χ1) is 7.87. The fraction of sp³-hybridized carbons (Fsp3) is 0.417. The molecule has 0 saturated heterocycles. The highest BCUT2D eigenvalue weighted by molar-refractivity contribution is 9.10. The van der Waals surface area contributed by atoms with Crippen molar-refractivity contribution in [3.05, 3.63) is 28.6 Å². The summed E-state index contributed by atoms with van der Waals surface area (Å²) >= 11 is 3.21. The van der Waals surface area contributed by atoms with E-state index in [1.807, 2.05) is 26.8 Å². The first kappa shape index (κ1) is 13.8. The van der Waals surface area contributed by atoms with E-state index in [-0.39, 0.29) is 0 Å². The molecule has 1 rings (SSSR count). The van der Waals surface area contributed by atoms with Gasteiger partial charge in [0.25, 0.3) is 0 Å². The molecule has 1 amide bonds. The van der Waals surface area contributed by atoms with Crippen LogP contribution in [-0.2, 0) is 4.74 Å². The van der Waals surface area contributed by atoms with E-state index in [4.69, 9.17) is 9.15 Å². The van der Waals surface area contributed by atoms with Crippen LogP contribution in [0.1, 0.15) is 26.5 Å². The van der Waals surface area contributed by atoms with Gasteiger partial charge in [0.15, 0.2) is 4.67 Å². The van der Waals surface area contributed by atoms with Crippen LogP contribution < -0.4 is 5.32 Å². The van der Waals surface area contributed by atoms with Crippen LogP contribution >= 0.6 is 15.9 Å². The molecule has 0 saturated carbocycles. The Hall–Kier alpha value is -1.23. The second-order valence-electron chi connectivity index (χ2n) is 4.43. The van der Waals surface area contributed by atoms with E-state index < -0.39 is 11.7 Å². The fourth-order valence-electron chi connectivity index (χ4n) is 1.05. The third kappa shape index (κ3) is 6.16. The Balaban J connectivity index is 2.28. The minimum absolute atomic E-state index is 0.396. The Kier molecular flexibility index (Phi) is 4.81. The van der Waals surface area contributed by atoms with Gasteiger partial charge in [-0.3, -0.25) is 0 Å². The number of halogens is 1. The van der Waals surface area contributed by atoms with Crippen LogP contribution in [0.5, 0.6) is 0 Å². The zero-order chi connectivity index (χ0) is 12.9. The first-order valence-electron chi connectivity index (χ1n) is 5.25. The van der Waals surface area contributed by atoms with Gasteiger partial charge < -0.3 is 14.5 Å². The van der Waals surface area contributed by atoms with E-state index in [1.54, 1.807) is 18.2 Å². The Bertz CT molecular complexity index is 404. The third-order valence-electron chi connectivity index (χ3n) is 1.64. The van der Waals surface area contributed by atoms with Gasteiger partial charge in [0.05, 0.1) is 0 Å². The molecule has 0 unspecified atom stereocenters. The topological polar surface area (TPSA) is 51.5 Å². The molecule has 0 bridgehead atoms. The molecule has 1 aromatic rings. The van der Waals surface area contributed by atoms with Gasteiger partial charge in [0.1, 0.15) is 11.4 Å². The van der Waals surface area contributed by atoms with Gasteiger partial charge in [-0.25, -0.2) is 4.79 Å². The summed E-state index contributed by atoms with van der Waals surface area (Å²) in [5, 5.41) is 2.61. The van der Waals surface area contributed by atoms with Crippen LogP contribution in [0.4, 0.5) is 4.79 Å². The van der Waals surface area contributed by atoms with E-state index in [2.05, 4.69) is 21.2 Å². The smallest absolute Gasteiger partial charge is 0.407 e. The van der Waals surface area contributed by atoms with Gasteiger partial charge in [0.2, 0.25) is 0 Å². The summed E-state index contributed by atoms with van der Waals surface area (Å²) in [6.45, 7) is 5.86. The van der Waals surface area contributed by atoms with E-state index in [9.17, 15) is 4.79 Å². The minimum Gasteiger partial charge on any atom is -0.450 e. The monoisotopic (exact) mass is 301 g/mol. The molecule has 5 heteroatoms. The van der Waals surface area contributed by atoms with E-state index in [0.29, 0.717) is 11.2 Å². The molecule has 1 N–H and O–H groups in total. The van der Waals surface area contributed by atoms with Gasteiger partial charge >= 0.3 is 6.09 Å². The van der Waals surface area contributed by atoms with Crippen LogP contribution in [0, 0.1) is 0 Å². The molecular formula is C12H16BrNO3. The molecule has 0 aromatic carbocycles. The van der Waals surface area contributed by atoms with E-state index in [0.717, 1.165) is 5.76 Å². The molecule has 1 aromatic heterocycles. The van der Waals surface area contributed by atoms with Gasteiger partial charge in [-0.1, -0.05) is 6.08 Å². The molecule has 4 nitrogen and oxygen atoms in total. The van der Waals surface area contributed by atoms with Crippen molar-refractivity contribution in [3.8, 4) is 0 Å². The highest BCUT2D eigenvalue weighted by Gasteiger charge is 2.14. The van der Waals surface area contributed by atoms with Crippen LogP contribution in [0.15, 0.2) is 27.3 Å². The number of alkyl carbamates (subject to hydrolysis) is 1.